The van der Waals surface area contributed by atoms with Crippen LogP contribution in [0.2, 0.25) is 0 Å². The summed E-state index contributed by atoms with van der Waals surface area (Å²) in [6, 6.07) is 13.6. The summed E-state index contributed by atoms with van der Waals surface area (Å²) in [5.74, 6) is 0.358. The fourth-order valence-corrected chi connectivity index (χ4v) is 4.19. The van der Waals surface area contributed by atoms with E-state index in [1.54, 1.807) is 48.7 Å². The van der Waals surface area contributed by atoms with E-state index >= 15 is 0 Å². The summed E-state index contributed by atoms with van der Waals surface area (Å²) >= 11 is 0. The van der Waals surface area contributed by atoms with Gasteiger partial charge < -0.3 is 20.3 Å². The molecule has 3 heterocycles. The molecule has 182 valence electrons. The van der Waals surface area contributed by atoms with Crippen LogP contribution in [0, 0.1) is 5.82 Å². The Morgan fingerprint density at radius 3 is 2.83 bits per heavy atom. The molecule has 1 aliphatic rings. The van der Waals surface area contributed by atoms with Crippen molar-refractivity contribution in [3.8, 4) is 17.0 Å². The Kier molecular flexibility index (Phi) is 6.55. The predicted molar refractivity (Wildman–Crippen MR) is 138 cm³/mol. The van der Waals surface area contributed by atoms with Crippen LogP contribution >= 0.6 is 0 Å². The van der Waals surface area contributed by atoms with E-state index in [2.05, 4.69) is 37.1 Å². The van der Waals surface area contributed by atoms with Crippen molar-refractivity contribution < 1.29 is 13.9 Å². The number of hydrogen-bond donors (Lipinski definition) is 2. The van der Waals surface area contributed by atoms with Gasteiger partial charge in [0.1, 0.15) is 29.8 Å². The number of pyridine rings is 1. The van der Waals surface area contributed by atoms with E-state index in [0.29, 0.717) is 45.1 Å². The molecular formula is C27H25FN6O2. The quantitative estimate of drug-likeness (QED) is 0.365. The standard InChI is InChI=1S/C27H25FN6O2/c1-3-26(35)33-24-13-20-23(14-25(24)36-18-9-11-34(2)15-18)30-16-31-27(20)32-17-8-10-29-22(12-17)19-6-4-5-7-21(19)28/h3-8,10,12-14,16,18H,1,9,11,15H2,2H3,(H,33,35)(H,29,30,31,32). The number of aromatic nitrogens is 3. The first kappa shape index (κ1) is 23.4. The Bertz CT molecular complexity index is 1440. The van der Waals surface area contributed by atoms with Gasteiger partial charge in [-0.2, -0.15) is 0 Å². The monoisotopic (exact) mass is 484 g/mol. The predicted octanol–water partition coefficient (Wildman–Crippen LogP) is 4.78. The summed E-state index contributed by atoms with van der Waals surface area (Å²) in [6.07, 6.45) is 5.18. The Hall–Kier alpha value is -4.37. The molecule has 0 radical (unpaired) electrons. The number of fused-ring (bicyclic) bond motifs is 1. The normalized spacial score (nSPS) is 15.6. The van der Waals surface area contributed by atoms with Gasteiger partial charge in [0.2, 0.25) is 5.91 Å². The van der Waals surface area contributed by atoms with Crippen molar-refractivity contribution in [2.45, 2.75) is 12.5 Å². The lowest BCUT2D eigenvalue weighted by Gasteiger charge is -2.18. The molecule has 1 fully saturated rings. The van der Waals surface area contributed by atoms with Gasteiger partial charge in [-0.05, 0) is 49.9 Å². The number of amides is 1. The first-order valence-electron chi connectivity index (χ1n) is 11.6. The molecule has 1 unspecified atom stereocenters. The minimum absolute atomic E-state index is 0.0138. The average molecular weight is 485 g/mol. The summed E-state index contributed by atoms with van der Waals surface area (Å²) in [5, 5.41) is 6.79. The van der Waals surface area contributed by atoms with Gasteiger partial charge in [-0.3, -0.25) is 9.78 Å². The zero-order valence-electron chi connectivity index (χ0n) is 19.7. The minimum atomic E-state index is -0.349. The number of rotatable bonds is 7. The lowest BCUT2D eigenvalue weighted by Crippen LogP contribution is -2.22. The first-order chi connectivity index (χ1) is 17.5. The molecule has 4 aromatic rings. The van der Waals surface area contributed by atoms with E-state index in [1.165, 1.54) is 18.5 Å². The van der Waals surface area contributed by atoms with Gasteiger partial charge in [0.05, 0.1) is 16.9 Å². The highest BCUT2D eigenvalue weighted by Crippen LogP contribution is 2.35. The Morgan fingerprint density at radius 2 is 2.06 bits per heavy atom. The van der Waals surface area contributed by atoms with Gasteiger partial charge in [0, 0.05) is 42.0 Å². The molecule has 36 heavy (non-hydrogen) atoms. The van der Waals surface area contributed by atoms with Crippen molar-refractivity contribution >= 4 is 34.0 Å². The zero-order chi connectivity index (χ0) is 25.1. The average Bonchev–Trinajstić information content (AvgIpc) is 3.29. The fraction of sp³-hybridized carbons (Fsp3) is 0.185. The molecule has 9 heteroatoms. The van der Waals surface area contributed by atoms with Gasteiger partial charge in [-0.25, -0.2) is 14.4 Å². The molecule has 1 aliphatic heterocycles. The third-order valence-electron chi connectivity index (χ3n) is 5.99. The SMILES string of the molecule is C=CC(=O)Nc1cc2c(Nc3ccnc(-c4ccccc4F)c3)ncnc2cc1OC1CCN(C)C1. The van der Waals surface area contributed by atoms with Crippen molar-refractivity contribution in [1.29, 1.82) is 0 Å². The number of halogens is 1. The third-order valence-corrected chi connectivity index (χ3v) is 5.99. The smallest absolute Gasteiger partial charge is 0.247 e. The molecular weight excluding hydrogens is 459 g/mol. The minimum Gasteiger partial charge on any atom is -0.487 e. The molecule has 0 spiro atoms. The molecule has 8 nitrogen and oxygen atoms in total. The molecule has 2 aromatic carbocycles. The lowest BCUT2D eigenvalue weighted by molar-refractivity contribution is -0.111. The first-order valence-corrected chi connectivity index (χ1v) is 11.6. The second kappa shape index (κ2) is 10.1. The molecule has 0 saturated carbocycles. The Labute approximate surface area is 207 Å². The zero-order valence-corrected chi connectivity index (χ0v) is 19.7. The maximum atomic E-state index is 14.3. The van der Waals surface area contributed by atoms with Crippen LogP contribution in [0.5, 0.6) is 5.75 Å². The summed E-state index contributed by atoms with van der Waals surface area (Å²) in [4.78, 5) is 27.5. The summed E-state index contributed by atoms with van der Waals surface area (Å²) in [6.45, 7) is 5.30. The number of ether oxygens (including phenoxy) is 1. The highest BCUT2D eigenvalue weighted by Gasteiger charge is 2.23. The number of carbonyl (C=O) groups is 1. The van der Waals surface area contributed by atoms with Crippen LogP contribution in [0.15, 0.2) is 73.7 Å². The summed E-state index contributed by atoms with van der Waals surface area (Å²) in [7, 11) is 2.05. The van der Waals surface area contributed by atoms with E-state index in [1.807, 2.05) is 7.05 Å². The number of anilines is 3. The van der Waals surface area contributed by atoms with Crippen LogP contribution in [0.3, 0.4) is 0 Å². The second-order valence-corrected chi connectivity index (χ2v) is 8.61. The highest BCUT2D eigenvalue weighted by atomic mass is 19.1. The van der Waals surface area contributed by atoms with Crippen LogP contribution in [0.1, 0.15) is 6.42 Å². The van der Waals surface area contributed by atoms with Crippen LogP contribution in [0.25, 0.3) is 22.2 Å². The van der Waals surface area contributed by atoms with E-state index < -0.39 is 0 Å². The number of nitrogens with one attached hydrogen (secondary N) is 2. The van der Waals surface area contributed by atoms with Gasteiger partial charge in [-0.15, -0.1) is 0 Å². The molecule has 1 atom stereocenters. The third kappa shape index (κ3) is 5.01. The van der Waals surface area contributed by atoms with Gasteiger partial charge in [0.15, 0.2) is 0 Å². The topological polar surface area (TPSA) is 92.3 Å². The van der Waals surface area contributed by atoms with Crippen LogP contribution in [-0.2, 0) is 4.79 Å². The number of carbonyl (C=O) groups excluding carboxylic acids is 1. The number of hydrogen-bond acceptors (Lipinski definition) is 7. The molecule has 5 rings (SSSR count). The van der Waals surface area contributed by atoms with E-state index in [4.69, 9.17) is 4.74 Å². The molecule has 2 N–H and O–H groups in total. The fourth-order valence-electron chi connectivity index (χ4n) is 4.19. The number of likely N-dealkylation sites (tertiary alicyclic amines) is 1. The summed E-state index contributed by atoms with van der Waals surface area (Å²) in [5.41, 5.74) is 2.72. The Balaban J connectivity index is 1.51. The van der Waals surface area contributed by atoms with E-state index in [9.17, 15) is 9.18 Å². The molecule has 0 aliphatic carbocycles. The highest BCUT2D eigenvalue weighted by molar-refractivity contribution is 6.03. The van der Waals surface area contributed by atoms with Crippen molar-refractivity contribution in [1.82, 2.24) is 19.9 Å². The van der Waals surface area contributed by atoms with Crippen molar-refractivity contribution in [3.63, 3.8) is 0 Å². The maximum absolute atomic E-state index is 14.3. The van der Waals surface area contributed by atoms with Crippen molar-refractivity contribution in [2.75, 3.05) is 30.8 Å². The number of benzene rings is 2. The van der Waals surface area contributed by atoms with Crippen LogP contribution < -0.4 is 15.4 Å². The maximum Gasteiger partial charge on any atom is 0.247 e. The van der Waals surface area contributed by atoms with E-state index in [0.717, 1.165) is 19.5 Å². The van der Waals surface area contributed by atoms with Crippen LogP contribution in [0.4, 0.5) is 21.6 Å². The number of nitrogens with zero attached hydrogens (tertiary/aromatic N) is 4. The van der Waals surface area contributed by atoms with Gasteiger partial charge in [0.25, 0.3) is 0 Å². The lowest BCUT2D eigenvalue weighted by atomic mass is 10.1. The Morgan fingerprint density at radius 1 is 1.19 bits per heavy atom. The van der Waals surface area contributed by atoms with Crippen LogP contribution in [-0.4, -0.2) is 52.0 Å². The van der Waals surface area contributed by atoms with Crippen molar-refractivity contribution in [3.05, 3.63) is 79.5 Å². The van der Waals surface area contributed by atoms with E-state index in [-0.39, 0.29) is 17.8 Å². The number of likely N-dealkylation sites (N-methyl/N-ethyl adjacent to an activating group) is 1. The summed E-state index contributed by atoms with van der Waals surface area (Å²) < 4.78 is 20.5. The molecule has 0 bridgehead atoms. The molecule has 2 aromatic heterocycles. The van der Waals surface area contributed by atoms with Gasteiger partial charge >= 0.3 is 0 Å². The molecule has 1 saturated heterocycles. The van der Waals surface area contributed by atoms with Crippen molar-refractivity contribution in [2.24, 2.45) is 0 Å². The molecule has 1 amide bonds. The largest absolute Gasteiger partial charge is 0.487 e. The van der Waals surface area contributed by atoms with Gasteiger partial charge in [-0.1, -0.05) is 18.7 Å². The second-order valence-electron chi connectivity index (χ2n) is 8.61.